The molecule has 1 aliphatic rings. The summed E-state index contributed by atoms with van der Waals surface area (Å²) in [5, 5.41) is 0. The third-order valence-corrected chi connectivity index (χ3v) is 3.67. The van der Waals surface area contributed by atoms with E-state index in [9.17, 15) is 14.0 Å². The average molecular weight is 374 g/mol. The van der Waals surface area contributed by atoms with E-state index in [0.717, 1.165) is 0 Å². The van der Waals surface area contributed by atoms with Crippen LogP contribution in [-0.2, 0) is 23.8 Å². The number of rotatable bonds is 3. The van der Waals surface area contributed by atoms with Crippen molar-refractivity contribution in [3.63, 3.8) is 0 Å². The summed E-state index contributed by atoms with van der Waals surface area (Å²) in [6.07, 6.45) is 0. The Labute approximate surface area is 134 Å². The number of esters is 2. The number of anilines is 1. The molecule has 1 heterocycles. The highest BCUT2D eigenvalue weighted by Crippen LogP contribution is 2.32. The van der Waals surface area contributed by atoms with Crippen molar-refractivity contribution >= 4 is 33.6 Å². The van der Waals surface area contributed by atoms with E-state index in [2.05, 4.69) is 20.7 Å². The summed E-state index contributed by atoms with van der Waals surface area (Å²) in [5.41, 5.74) is 0.507. The van der Waals surface area contributed by atoms with Crippen LogP contribution in [0.15, 0.2) is 33.9 Å². The molecule has 0 saturated heterocycles. The predicted molar refractivity (Wildman–Crippen MR) is 78.5 cm³/mol. The predicted octanol–water partition coefficient (Wildman–Crippen LogP) is 1.98. The molecule has 0 fully saturated rings. The molecule has 118 valence electrons. The first kappa shape index (κ1) is 16.4. The van der Waals surface area contributed by atoms with E-state index >= 15 is 0 Å². The van der Waals surface area contributed by atoms with Crippen molar-refractivity contribution in [1.29, 1.82) is 0 Å². The first-order chi connectivity index (χ1) is 10.5. The molecule has 1 aromatic carbocycles. The topological polar surface area (TPSA) is 65.1 Å². The second-order valence-electron chi connectivity index (χ2n) is 4.31. The lowest BCUT2D eigenvalue weighted by atomic mass is 10.1. The van der Waals surface area contributed by atoms with Gasteiger partial charge in [0.05, 0.1) is 32.1 Å². The normalized spacial score (nSPS) is 14.8. The third kappa shape index (κ3) is 3.12. The van der Waals surface area contributed by atoms with E-state index < -0.39 is 17.8 Å². The van der Waals surface area contributed by atoms with Gasteiger partial charge in [0.1, 0.15) is 18.2 Å². The fourth-order valence-corrected chi connectivity index (χ4v) is 2.60. The maximum atomic E-state index is 13.2. The number of ether oxygens (including phenoxy) is 3. The van der Waals surface area contributed by atoms with Gasteiger partial charge in [0, 0.05) is 4.47 Å². The Morgan fingerprint density at radius 1 is 1.27 bits per heavy atom. The van der Waals surface area contributed by atoms with Crippen molar-refractivity contribution in [3.8, 4) is 0 Å². The summed E-state index contributed by atoms with van der Waals surface area (Å²) in [4.78, 5) is 25.4. The van der Waals surface area contributed by atoms with Gasteiger partial charge in [0.2, 0.25) is 0 Å². The van der Waals surface area contributed by atoms with Crippen molar-refractivity contribution in [2.24, 2.45) is 0 Å². The highest BCUT2D eigenvalue weighted by Gasteiger charge is 2.33. The zero-order valence-electron chi connectivity index (χ0n) is 11.9. The van der Waals surface area contributed by atoms with E-state index in [1.807, 2.05) is 0 Å². The summed E-state index contributed by atoms with van der Waals surface area (Å²) >= 11 is 3.23. The van der Waals surface area contributed by atoms with Gasteiger partial charge < -0.3 is 19.1 Å². The molecule has 0 N–H and O–H groups in total. The van der Waals surface area contributed by atoms with Gasteiger partial charge >= 0.3 is 11.9 Å². The Kier molecular flexibility index (Phi) is 5.15. The van der Waals surface area contributed by atoms with Crippen LogP contribution in [0.4, 0.5) is 10.1 Å². The maximum absolute atomic E-state index is 13.2. The van der Waals surface area contributed by atoms with E-state index in [1.165, 1.54) is 37.3 Å². The first-order valence-electron chi connectivity index (χ1n) is 6.19. The second kappa shape index (κ2) is 6.89. The number of carbonyl (C=O) groups is 2. The van der Waals surface area contributed by atoms with E-state index in [-0.39, 0.29) is 24.6 Å². The molecule has 1 aliphatic heterocycles. The third-order valence-electron chi connectivity index (χ3n) is 3.03. The molecule has 0 unspecified atom stereocenters. The number of carbonyl (C=O) groups excluding carboxylic acids is 2. The molecular weight excluding hydrogens is 361 g/mol. The smallest absolute Gasteiger partial charge is 0.355 e. The molecule has 0 atom stereocenters. The standard InChI is InChI=1S/C14H13BrFNO5/c1-20-13(18)9-6-22-7-17(12(9)14(19)21-2)11-4-3-8(16)5-10(11)15/h3-5H,6-7H2,1-2H3. The second-order valence-corrected chi connectivity index (χ2v) is 5.17. The molecule has 2 rings (SSSR count). The molecule has 1 aromatic rings. The van der Waals surface area contributed by atoms with E-state index in [1.54, 1.807) is 0 Å². The lowest BCUT2D eigenvalue weighted by Gasteiger charge is -2.31. The van der Waals surface area contributed by atoms with Crippen molar-refractivity contribution in [2.45, 2.75) is 0 Å². The number of benzene rings is 1. The molecule has 0 bridgehead atoms. The number of hydrogen-bond acceptors (Lipinski definition) is 6. The van der Waals surface area contributed by atoms with Crippen molar-refractivity contribution in [2.75, 3.05) is 32.5 Å². The van der Waals surface area contributed by atoms with Gasteiger partial charge in [0.25, 0.3) is 0 Å². The quantitative estimate of drug-likeness (QED) is 0.754. The van der Waals surface area contributed by atoms with Crippen molar-refractivity contribution in [1.82, 2.24) is 0 Å². The molecule has 0 aliphatic carbocycles. The van der Waals surface area contributed by atoms with E-state index in [4.69, 9.17) is 9.47 Å². The summed E-state index contributed by atoms with van der Waals surface area (Å²) in [7, 11) is 2.41. The Morgan fingerprint density at radius 2 is 1.95 bits per heavy atom. The van der Waals surface area contributed by atoms with Gasteiger partial charge in [-0.3, -0.25) is 0 Å². The fourth-order valence-electron chi connectivity index (χ4n) is 2.03. The summed E-state index contributed by atoms with van der Waals surface area (Å²) < 4.78 is 28.4. The molecule has 0 saturated carbocycles. The van der Waals surface area contributed by atoms with Gasteiger partial charge in [0.15, 0.2) is 0 Å². The zero-order chi connectivity index (χ0) is 16.3. The summed E-state index contributed by atoms with van der Waals surface area (Å²) in [6.45, 7) is -0.0679. The lowest BCUT2D eigenvalue weighted by molar-refractivity contribution is -0.140. The molecule has 8 heteroatoms. The fraction of sp³-hybridized carbons (Fsp3) is 0.286. The molecule has 6 nitrogen and oxygen atoms in total. The first-order valence-corrected chi connectivity index (χ1v) is 6.99. The molecule has 22 heavy (non-hydrogen) atoms. The van der Waals surface area contributed by atoms with Crippen LogP contribution in [0.1, 0.15) is 0 Å². The summed E-state index contributed by atoms with van der Waals surface area (Å²) in [6, 6.07) is 3.95. The minimum Gasteiger partial charge on any atom is -0.466 e. The number of halogens is 2. The molecule has 0 radical (unpaired) electrons. The monoisotopic (exact) mass is 373 g/mol. The van der Waals surface area contributed by atoms with E-state index in [0.29, 0.717) is 10.2 Å². The van der Waals surface area contributed by atoms with Crippen LogP contribution < -0.4 is 4.90 Å². The Balaban J connectivity index is 2.57. The van der Waals surface area contributed by atoms with Crippen LogP contribution in [0, 0.1) is 5.82 Å². The highest BCUT2D eigenvalue weighted by atomic mass is 79.9. The maximum Gasteiger partial charge on any atom is 0.355 e. The molecule has 0 spiro atoms. The minimum atomic E-state index is -0.708. The van der Waals surface area contributed by atoms with Gasteiger partial charge in [-0.25, -0.2) is 14.0 Å². The van der Waals surface area contributed by atoms with Crippen molar-refractivity contribution < 1.29 is 28.2 Å². The zero-order valence-corrected chi connectivity index (χ0v) is 13.5. The number of methoxy groups -OCH3 is 2. The minimum absolute atomic E-state index is 0.00732. The Bertz CT molecular complexity index is 646. The van der Waals surface area contributed by atoms with Crippen molar-refractivity contribution in [3.05, 3.63) is 39.8 Å². The summed E-state index contributed by atoms with van der Waals surface area (Å²) in [5.74, 6) is -1.84. The lowest BCUT2D eigenvalue weighted by Crippen LogP contribution is -2.39. The van der Waals surface area contributed by atoms with Gasteiger partial charge in [-0.1, -0.05) is 0 Å². The largest absolute Gasteiger partial charge is 0.466 e. The molecule has 0 amide bonds. The van der Waals surface area contributed by atoms with Crippen LogP contribution in [0.2, 0.25) is 0 Å². The molecular formula is C14H13BrFNO5. The average Bonchev–Trinajstić information content (AvgIpc) is 2.52. The molecule has 0 aromatic heterocycles. The van der Waals surface area contributed by atoms with Crippen LogP contribution in [0.5, 0.6) is 0 Å². The SMILES string of the molecule is COC(=O)C1=C(C(=O)OC)N(c2ccc(F)cc2Br)COC1. The highest BCUT2D eigenvalue weighted by molar-refractivity contribution is 9.10. The van der Waals surface area contributed by atoms with Crippen LogP contribution >= 0.6 is 15.9 Å². The Morgan fingerprint density at radius 3 is 2.55 bits per heavy atom. The van der Waals surface area contributed by atoms with Crippen LogP contribution in [0.3, 0.4) is 0 Å². The number of hydrogen-bond donors (Lipinski definition) is 0. The van der Waals surface area contributed by atoms with Gasteiger partial charge in [-0.2, -0.15) is 0 Å². The Hall–Kier alpha value is -1.93. The van der Waals surface area contributed by atoms with Crippen LogP contribution in [0.25, 0.3) is 0 Å². The van der Waals surface area contributed by atoms with Crippen LogP contribution in [-0.4, -0.2) is 39.5 Å². The number of nitrogens with zero attached hydrogens (tertiary/aromatic N) is 1. The van der Waals surface area contributed by atoms with Gasteiger partial charge in [-0.15, -0.1) is 0 Å². The van der Waals surface area contributed by atoms with Gasteiger partial charge in [-0.05, 0) is 34.1 Å².